The molecule has 0 radical (unpaired) electrons. The number of phenolic OH excluding ortho intramolecular Hbond substituents is 1. The van der Waals surface area contributed by atoms with Gasteiger partial charge in [-0.05, 0) is 49.9 Å². The van der Waals surface area contributed by atoms with Gasteiger partial charge < -0.3 is 15.5 Å². The summed E-state index contributed by atoms with van der Waals surface area (Å²) >= 11 is 5.99. The SMILES string of the molecule is CCCC(CCO)CNCc1cc(Cl)cc(C)c1O. The van der Waals surface area contributed by atoms with Gasteiger partial charge in [-0.1, -0.05) is 24.9 Å². The van der Waals surface area contributed by atoms with Gasteiger partial charge in [-0.15, -0.1) is 0 Å². The molecule has 3 N–H and O–H groups in total. The van der Waals surface area contributed by atoms with Crippen LogP contribution in [0.4, 0.5) is 0 Å². The second-order valence-corrected chi connectivity index (χ2v) is 5.46. The Labute approximate surface area is 120 Å². The molecule has 1 unspecified atom stereocenters. The molecule has 0 amide bonds. The molecule has 1 rings (SSSR count). The predicted octanol–water partition coefficient (Wildman–Crippen LogP) is 3.24. The van der Waals surface area contributed by atoms with E-state index in [0.29, 0.717) is 23.2 Å². The van der Waals surface area contributed by atoms with Gasteiger partial charge in [0.05, 0.1) is 0 Å². The molecule has 0 aliphatic rings. The van der Waals surface area contributed by atoms with Crippen LogP contribution in [0, 0.1) is 12.8 Å². The molecule has 19 heavy (non-hydrogen) atoms. The minimum atomic E-state index is 0.230. The lowest BCUT2D eigenvalue weighted by Gasteiger charge is -2.16. The lowest BCUT2D eigenvalue weighted by atomic mass is 10.00. The highest BCUT2D eigenvalue weighted by Gasteiger charge is 2.09. The van der Waals surface area contributed by atoms with Gasteiger partial charge in [-0.25, -0.2) is 0 Å². The van der Waals surface area contributed by atoms with E-state index in [2.05, 4.69) is 12.2 Å². The van der Waals surface area contributed by atoms with Crippen LogP contribution in [-0.4, -0.2) is 23.4 Å². The summed E-state index contributed by atoms with van der Waals surface area (Å²) in [5, 5.41) is 22.9. The molecule has 4 heteroatoms. The van der Waals surface area contributed by atoms with Gasteiger partial charge in [0.2, 0.25) is 0 Å². The highest BCUT2D eigenvalue weighted by Crippen LogP contribution is 2.26. The maximum Gasteiger partial charge on any atom is 0.123 e. The predicted molar refractivity (Wildman–Crippen MR) is 79.7 cm³/mol. The summed E-state index contributed by atoms with van der Waals surface area (Å²) in [4.78, 5) is 0. The first-order valence-electron chi connectivity index (χ1n) is 6.88. The minimum Gasteiger partial charge on any atom is -0.507 e. The number of aliphatic hydroxyl groups excluding tert-OH is 1. The molecular formula is C15H24ClNO2. The zero-order valence-electron chi connectivity index (χ0n) is 11.7. The Morgan fingerprint density at radius 3 is 2.68 bits per heavy atom. The van der Waals surface area contributed by atoms with Crippen LogP contribution in [0.5, 0.6) is 5.75 Å². The Bertz CT molecular complexity index is 390. The van der Waals surface area contributed by atoms with Gasteiger partial charge in [0.15, 0.2) is 0 Å². The van der Waals surface area contributed by atoms with Crippen molar-refractivity contribution < 1.29 is 10.2 Å². The van der Waals surface area contributed by atoms with E-state index in [1.54, 1.807) is 12.1 Å². The second kappa shape index (κ2) is 8.41. The summed E-state index contributed by atoms with van der Waals surface area (Å²) in [7, 11) is 0. The maximum absolute atomic E-state index is 9.96. The average Bonchev–Trinajstić information content (AvgIpc) is 2.35. The number of aryl methyl sites for hydroxylation is 1. The van der Waals surface area contributed by atoms with Gasteiger partial charge in [0, 0.05) is 23.7 Å². The molecule has 1 aromatic carbocycles. The topological polar surface area (TPSA) is 52.5 Å². The van der Waals surface area contributed by atoms with Gasteiger partial charge >= 0.3 is 0 Å². The molecule has 0 saturated carbocycles. The molecule has 0 spiro atoms. The number of hydrogen-bond acceptors (Lipinski definition) is 3. The van der Waals surface area contributed by atoms with Crippen molar-refractivity contribution in [2.75, 3.05) is 13.2 Å². The number of halogens is 1. The Morgan fingerprint density at radius 1 is 1.32 bits per heavy atom. The number of aromatic hydroxyl groups is 1. The summed E-state index contributed by atoms with van der Waals surface area (Å²) in [6.45, 7) is 5.67. The van der Waals surface area contributed by atoms with E-state index >= 15 is 0 Å². The van der Waals surface area contributed by atoms with Crippen LogP contribution >= 0.6 is 11.6 Å². The number of rotatable bonds is 8. The van der Waals surface area contributed by atoms with E-state index in [9.17, 15) is 5.11 Å². The van der Waals surface area contributed by atoms with Crippen molar-refractivity contribution in [3.05, 3.63) is 28.3 Å². The fourth-order valence-corrected chi connectivity index (χ4v) is 2.59. The summed E-state index contributed by atoms with van der Waals surface area (Å²) in [5.74, 6) is 0.795. The standard InChI is InChI=1S/C15H24ClNO2/c1-3-4-12(5-6-18)9-17-10-13-8-14(16)7-11(2)15(13)19/h7-8,12,17-19H,3-6,9-10H2,1-2H3. The van der Waals surface area contributed by atoms with Crippen molar-refractivity contribution in [1.29, 1.82) is 0 Å². The van der Waals surface area contributed by atoms with Crippen molar-refractivity contribution in [2.24, 2.45) is 5.92 Å². The smallest absolute Gasteiger partial charge is 0.123 e. The summed E-state index contributed by atoms with van der Waals surface area (Å²) in [5.41, 5.74) is 1.62. The molecule has 1 aromatic rings. The highest BCUT2D eigenvalue weighted by molar-refractivity contribution is 6.30. The number of phenols is 1. The fourth-order valence-electron chi connectivity index (χ4n) is 2.29. The Kier molecular flexibility index (Phi) is 7.21. The molecule has 0 heterocycles. The highest BCUT2D eigenvalue weighted by atomic mass is 35.5. The molecule has 0 aliphatic carbocycles. The zero-order valence-corrected chi connectivity index (χ0v) is 12.5. The van der Waals surface area contributed by atoms with E-state index in [-0.39, 0.29) is 6.61 Å². The minimum absolute atomic E-state index is 0.230. The number of benzene rings is 1. The third-order valence-corrected chi connectivity index (χ3v) is 3.55. The zero-order chi connectivity index (χ0) is 14.3. The summed E-state index contributed by atoms with van der Waals surface area (Å²) < 4.78 is 0. The molecule has 108 valence electrons. The Balaban J connectivity index is 2.52. The molecule has 1 atom stereocenters. The second-order valence-electron chi connectivity index (χ2n) is 5.03. The van der Waals surface area contributed by atoms with Gasteiger partial charge in [0.25, 0.3) is 0 Å². The number of nitrogens with one attached hydrogen (secondary N) is 1. The van der Waals surface area contributed by atoms with Gasteiger partial charge in [-0.2, -0.15) is 0 Å². The van der Waals surface area contributed by atoms with Crippen LogP contribution in [0.15, 0.2) is 12.1 Å². The van der Waals surface area contributed by atoms with Crippen LogP contribution in [0.2, 0.25) is 5.02 Å². The first-order valence-corrected chi connectivity index (χ1v) is 7.25. The molecule has 0 saturated heterocycles. The van der Waals surface area contributed by atoms with Crippen LogP contribution in [-0.2, 0) is 6.54 Å². The van der Waals surface area contributed by atoms with E-state index in [4.69, 9.17) is 16.7 Å². The van der Waals surface area contributed by atoms with Crippen molar-refractivity contribution in [3.8, 4) is 5.75 Å². The Morgan fingerprint density at radius 2 is 2.05 bits per heavy atom. The van der Waals surface area contributed by atoms with E-state index in [0.717, 1.165) is 36.9 Å². The van der Waals surface area contributed by atoms with Crippen molar-refractivity contribution in [3.63, 3.8) is 0 Å². The van der Waals surface area contributed by atoms with Crippen LogP contribution in [0.25, 0.3) is 0 Å². The molecular weight excluding hydrogens is 262 g/mol. The van der Waals surface area contributed by atoms with Crippen LogP contribution < -0.4 is 5.32 Å². The van der Waals surface area contributed by atoms with Crippen LogP contribution in [0.3, 0.4) is 0 Å². The van der Waals surface area contributed by atoms with Crippen LogP contribution in [0.1, 0.15) is 37.3 Å². The van der Waals surface area contributed by atoms with Crippen molar-refractivity contribution in [1.82, 2.24) is 5.32 Å². The molecule has 3 nitrogen and oxygen atoms in total. The number of hydrogen-bond donors (Lipinski definition) is 3. The Hall–Kier alpha value is -0.770. The quantitative estimate of drug-likeness (QED) is 0.687. The largest absolute Gasteiger partial charge is 0.507 e. The van der Waals surface area contributed by atoms with E-state index < -0.39 is 0 Å². The first-order chi connectivity index (χ1) is 9.08. The maximum atomic E-state index is 9.96. The van der Waals surface area contributed by atoms with Crippen molar-refractivity contribution in [2.45, 2.75) is 39.7 Å². The molecule has 0 fully saturated rings. The first kappa shape index (κ1) is 16.3. The lowest BCUT2D eigenvalue weighted by Crippen LogP contribution is -2.23. The van der Waals surface area contributed by atoms with Crippen molar-refractivity contribution >= 4 is 11.6 Å². The molecule has 0 aromatic heterocycles. The van der Waals surface area contributed by atoms with Gasteiger partial charge in [-0.3, -0.25) is 0 Å². The van der Waals surface area contributed by atoms with E-state index in [1.807, 2.05) is 6.92 Å². The summed E-state index contributed by atoms with van der Waals surface area (Å²) in [6.07, 6.45) is 3.05. The lowest BCUT2D eigenvalue weighted by molar-refractivity contribution is 0.248. The fraction of sp³-hybridized carbons (Fsp3) is 0.600. The molecule has 0 aliphatic heterocycles. The third-order valence-electron chi connectivity index (χ3n) is 3.33. The monoisotopic (exact) mass is 285 g/mol. The summed E-state index contributed by atoms with van der Waals surface area (Å²) in [6, 6.07) is 3.55. The molecule has 0 bridgehead atoms. The number of aliphatic hydroxyl groups is 1. The third kappa shape index (κ3) is 5.39. The van der Waals surface area contributed by atoms with Gasteiger partial charge in [0.1, 0.15) is 5.75 Å². The van der Waals surface area contributed by atoms with E-state index in [1.165, 1.54) is 0 Å². The normalized spacial score (nSPS) is 12.6. The average molecular weight is 286 g/mol.